The first-order valence-corrected chi connectivity index (χ1v) is 8.66. The molecule has 21 heavy (non-hydrogen) atoms. The molecule has 3 rings (SSSR count). The molecule has 0 radical (unpaired) electrons. The minimum atomic E-state index is -3.06. The number of sulfone groups is 1. The third kappa shape index (κ3) is 3.34. The predicted octanol–water partition coefficient (Wildman–Crippen LogP) is 0.973. The first kappa shape index (κ1) is 16.5. The Morgan fingerprint density at radius 3 is 2.57 bits per heavy atom. The average molecular weight is 351 g/mol. The van der Waals surface area contributed by atoms with E-state index < -0.39 is 9.84 Å². The molecule has 0 aliphatic carbocycles. The van der Waals surface area contributed by atoms with Crippen LogP contribution in [0.4, 0.5) is 0 Å². The summed E-state index contributed by atoms with van der Waals surface area (Å²) in [5, 5.41) is 3.76. The van der Waals surface area contributed by atoms with Gasteiger partial charge in [0.2, 0.25) is 0 Å². The number of hydrogen-bond donors (Lipinski definition) is 1. The zero-order valence-corrected chi connectivity index (χ0v) is 13.5. The molecule has 2 aliphatic heterocycles. The van der Waals surface area contributed by atoms with Crippen LogP contribution in [-0.2, 0) is 9.84 Å². The fourth-order valence-electron chi connectivity index (χ4n) is 2.88. The maximum atomic E-state index is 12.5. The number of rotatable bonds is 1. The molecule has 0 aromatic heterocycles. The lowest BCUT2D eigenvalue weighted by Gasteiger charge is -2.37. The Balaban J connectivity index is 0.00000161. The van der Waals surface area contributed by atoms with Gasteiger partial charge in [0, 0.05) is 29.7 Å². The normalized spacial score (nSPS) is 26.8. The molecule has 2 heterocycles. The molecule has 0 bridgehead atoms. The lowest BCUT2D eigenvalue weighted by Crippen LogP contribution is -2.59. The van der Waals surface area contributed by atoms with E-state index in [9.17, 15) is 13.2 Å². The highest BCUT2D eigenvalue weighted by atomic mass is 35.5. The van der Waals surface area contributed by atoms with Crippen molar-refractivity contribution in [1.29, 1.82) is 0 Å². The van der Waals surface area contributed by atoms with Crippen molar-refractivity contribution in [2.75, 3.05) is 24.6 Å². The molecule has 5 nitrogen and oxygen atoms in total. The van der Waals surface area contributed by atoms with Gasteiger partial charge in [0.1, 0.15) is 0 Å². The van der Waals surface area contributed by atoms with Crippen molar-refractivity contribution in [2.24, 2.45) is 0 Å². The van der Waals surface area contributed by atoms with Gasteiger partial charge in [-0.15, -0.1) is 12.4 Å². The third-order valence-electron chi connectivity index (χ3n) is 3.83. The molecule has 1 N–H and O–H groups in total. The van der Waals surface area contributed by atoms with Crippen LogP contribution in [0, 0.1) is 0 Å². The van der Waals surface area contributed by atoms with Gasteiger partial charge in [0.15, 0.2) is 9.84 Å². The molecular weight excluding hydrogens is 335 g/mol. The topological polar surface area (TPSA) is 66.5 Å². The largest absolute Gasteiger partial charge is 0.332 e. The van der Waals surface area contributed by atoms with Crippen molar-refractivity contribution >= 4 is 39.8 Å². The second-order valence-electron chi connectivity index (χ2n) is 5.21. The minimum Gasteiger partial charge on any atom is -0.332 e. The van der Waals surface area contributed by atoms with Gasteiger partial charge in [-0.2, -0.15) is 0 Å². The standard InChI is InChI=1S/C13H15ClN2O3S.ClH/c14-10-3-1-9(2-4-10)13(17)16-6-5-15-11-7-20(18,19)8-12(11)16;/h1-4,11-12,15H,5-8H2;1H/t11-,12+;/m0./s1. The highest BCUT2D eigenvalue weighted by Crippen LogP contribution is 2.23. The van der Waals surface area contributed by atoms with Gasteiger partial charge in [-0.05, 0) is 24.3 Å². The van der Waals surface area contributed by atoms with E-state index >= 15 is 0 Å². The van der Waals surface area contributed by atoms with Crippen LogP contribution in [0.5, 0.6) is 0 Å². The average Bonchev–Trinajstić information content (AvgIpc) is 2.72. The molecule has 8 heteroatoms. The molecular formula is C13H16Cl2N2O3S. The Hall–Kier alpha value is -0.820. The summed E-state index contributed by atoms with van der Waals surface area (Å²) in [7, 11) is -3.06. The van der Waals surface area contributed by atoms with Gasteiger partial charge in [-0.3, -0.25) is 4.79 Å². The van der Waals surface area contributed by atoms with Crippen LogP contribution in [0.1, 0.15) is 10.4 Å². The summed E-state index contributed by atoms with van der Waals surface area (Å²) < 4.78 is 23.5. The number of fused-ring (bicyclic) bond motifs is 1. The summed E-state index contributed by atoms with van der Waals surface area (Å²) in [6, 6.07) is 6.26. The van der Waals surface area contributed by atoms with E-state index in [0.717, 1.165) is 0 Å². The molecule has 116 valence electrons. The van der Waals surface area contributed by atoms with Crippen LogP contribution < -0.4 is 5.32 Å². The minimum absolute atomic E-state index is 0. The molecule has 2 atom stereocenters. The quantitative estimate of drug-likeness (QED) is 0.819. The van der Waals surface area contributed by atoms with Crippen molar-refractivity contribution in [2.45, 2.75) is 12.1 Å². The summed E-state index contributed by atoms with van der Waals surface area (Å²) in [6.07, 6.45) is 0. The van der Waals surface area contributed by atoms with Crippen molar-refractivity contribution in [1.82, 2.24) is 10.2 Å². The number of amides is 1. The summed E-state index contributed by atoms with van der Waals surface area (Å²) in [5.74, 6) is 0.0294. The number of nitrogens with zero attached hydrogens (tertiary/aromatic N) is 1. The van der Waals surface area contributed by atoms with E-state index in [-0.39, 0.29) is 41.9 Å². The van der Waals surface area contributed by atoms with Crippen LogP contribution in [0.3, 0.4) is 0 Å². The monoisotopic (exact) mass is 350 g/mol. The zero-order valence-electron chi connectivity index (χ0n) is 11.2. The van der Waals surface area contributed by atoms with E-state index in [1.807, 2.05) is 0 Å². The number of piperazine rings is 1. The second-order valence-corrected chi connectivity index (χ2v) is 7.80. The van der Waals surface area contributed by atoms with Gasteiger partial charge in [-0.1, -0.05) is 11.6 Å². The SMILES string of the molecule is Cl.O=C(c1ccc(Cl)cc1)N1CCN[C@H]2CS(=O)(=O)C[C@H]21. The fourth-order valence-corrected chi connectivity index (χ4v) is 4.96. The van der Waals surface area contributed by atoms with Crippen LogP contribution in [0.2, 0.25) is 5.02 Å². The Morgan fingerprint density at radius 2 is 1.90 bits per heavy atom. The van der Waals surface area contributed by atoms with Crippen LogP contribution >= 0.6 is 24.0 Å². The van der Waals surface area contributed by atoms with Crippen LogP contribution in [0.15, 0.2) is 24.3 Å². The Kier molecular flexibility index (Phi) is 4.82. The van der Waals surface area contributed by atoms with Crippen LogP contribution in [0.25, 0.3) is 0 Å². The smallest absolute Gasteiger partial charge is 0.254 e. The van der Waals surface area contributed by atoms with Crippen molar-refractivity contribution in [3.63, 3.8) is 0 Å². The van der Waals surface area contributed by atoms with Crippen molar-refractivity contribution < 1.29 is 13.2 Å². The number of halogens is 2. The summed E-state index contributed by atoms with van der Waals surface area (Å²) in [5.41, 5.74) is 0.541. The summed E-state index contributed by atoms with van der Waals surface area (Å²) >= 11 is 5.81. The van der Waals surface area contributed by atoms with Gasteiger partial charge in [-0.25, -0.2) is 8.42 Å². The molecule has 2 aliphatic rings. The molecule has 1 aromatic rings. The first-order valence-electron chi connectivity index (χ1n) is 6.47. The van der Waals surface area contributed by atoms with E-state index in [2.05, 4.69) is 5.32 Å². The van der Waals surface area contributed by atoms with Gasteiger partial charge in [0.25, 0.3) is 5.91 Å². The molecule has 2 saturated heterocycles. The molecule has 0 unspecified atom stereocenters. The number of benzene rings is 1. The molecule has 2 fully saturated rings. The number of hydrogen-bond acceptors (Lipinski definition) is 4. The maximum Gasteiger partial charge on any atom is 0.254 e. The van der Waals surface area contributed by atoms with E-state index in [0.29, 0.717) is 23.7 Å². The summed E-state index contributed by atoms with van der Waals surface area (Å²) in [4.78, 5) is 14.2. The highest BCUT2D eigenvalue weighted by molar-refractivity contribution is 7.91. The Morgan fingerprint density at radius 1 is 1.24 bits per heavy atom. The predicted molar refractivity (Wildman–Crippen MR) is 84.0 cm³/mol. The maximum absolute atomic E-state index is 12.5. The number of nitrogens with one attached hydrogen (secondary N) is 1. The van der Waals surface area contributed by atoms with E-state index in [4.69, 9.17) is 11.6 Å². The van der Waals surface area contributed by atoms with Gasteiger partial charge < -0.3 is 10.2 Å². The second kappa shape index (κ2) is 6.12. The van der Waals surface area contributed by atoms with Crippen molar-refractivity contribution in [3.8, 4) is 0 Å². The lowest BCUT2D eigenvalue weighted by atomic mass is 10.1. The van der Waals surface area contributed by atoms with Gasteiger partial charge >= 0.3 is 0 Å². The number of carbonyl (C=O) groups excluding carboxylic acids is 1. The van der Waals surface area contributed by atoms with Crippen LogP contribution in [-0.4, -0.2) is 55.9 Å². The molecule has 0 spiro atoms. The fraction of sp³-hybridized carbons (Fsp3) is 0.462. The van der Waals surface area contributed by atoms with Gasteiger partial charge in [0.05, 0.1) is 17.5 Å². The first-order chi connectivity index (χ1) is 9.46. The number of carbonyl (C=O) groups is 1. The van der Waals surface area contributed by atoms with Crippen molar-refractivity contribution in [3.05, 3.63) is 34.9 Å². The Labute approximate surface area is 135 Å². The molecule has 0 saturated carbocycles. The van der Waals surface area contributed by atoms with E-state index in [1.165, 1.54) is 0 Å². The third-order valence-corrected chi connectivity index (χ3v) is 5.80. The zero-order chi connectivity index (χ0) is 14.3. The lowest BCUT2D eigenvalue weighted by molar-refractivity contribution is 0.0621. The molecule has 1 aromatic carbocycles. The highest BCUT2D eigenvalue weighted by Gasteiger charge is 2.44. The van der Waals surface area contributed by atoms with E-state index in [1.54, 1.807) is 29.2 Å². The molecule has 1 amide bonds. The summed E-state index contributed by atoms with van der Waals surface area (Å²) in [6.45, 7) is 1.15. The Bertz CT molecular complexity index is 633.